The summed E-state index contributed by atoms with van der Waals surface area (Å²) in [5, 5.41) is 4.14. The number of hydrogen-bond acceptors (Lipinski definition) is 1. The summed E-state index contributed by atoms with van der Waals surface area (Å²) in [6, 6.07) is 51.9. The quantitative estimate of drug-likeness (QED) is 0.273. The Morgan fingerprint density at radius 2 is 0.857 bits per heavy atom. The van der Waals surface area contributed by atoms with Crippen LogP contribution in [0, 0.1) is 0 Å². The van der Waals surface area contributed by atoms with Gasteiger partial charge in [-0.05, 0) is 48.0 Å². The third-order valence-corrected chi connectivity index (χ3v) is 10.6. The second-order valence-electron chi connectivity index (χ2n) is 8.36. The fraction of sp³-hybridized carbons (Fsp3) is 0.0625. The molecule has 0 bridgehead atoms. The predicted octanol–water partition coefficient (Wildman–Crippen LogP) is 3.76. The van der Waals surface area contributed by atoms with E-state index < -0.39 is 7.26 Å². The molecule has 3 heteroatoms. The molecule has 0 spiro atoms. The molecule has 0 heterocycles. The Bertz CT molecular complexity index is 1210. The van der Waals surface area contributed by atoms with Gasteiger partial charge in [-0.1, -0.05) is 103 Å². The number of ether oxygens (including phenoxy) is 1. The molecule has 5 aromatic carbocycles. The van der Waals surface area contributed by atoms with Gasteiger partial charge < -0.3 is 21.7 Å². The third-order valence-electron chi connectivity index (χ3n) is 6.21. The normalized spacial score (nSPS) is 10.9. The molecule has 0 aromatic heterocycles. The standard InChI is InChI=1S/C32H28OP.BrH/c1-5-15-27(16-6-1)25-33-32-24-14-13-17-28(32)26-34(29-18-7-2-8-19-29,30-20-9-3-10-21-30)31-22-11-4-12-23-31;/h1-24H,25-26H2;1H/q+1;/p-1. The lowest BCUT2D eigenvalue weighted by atomic mass is 10.2. The van der Waals surface area contributed by atoms with Gasteiger partial charge in [0, 0.05) is 5.56 Å². The van der Waals surface area contributed by atoms with Crippen LogP contribution in [0.2, 0.25) is 0 Å². The Labute approximate surface area is 219 Å². The van der Waals surface area contributed by atoms with E-state index >= 15 is 0 Å². The predicted molar refractivity (Wildman–Crippen MR) is 146 cm³/mol. The van der Waals surface area contributed by atoms with Crippen LogP contribution in [0.1, 0.15) is 11.1 Å². The van der Waals surface area contributed by atoms with Crippen molar-refractivity contribution in [1.82, 2.24) is 0 Å². The van der Waals surface area contributed by atoms with Crippen molar-refractivity contribution in [3.05, 3.63) is 157 Å². The van der Waals surface area contributed by atoms with Crippen molar-refractivity contribution in [2.75, 3.05) is 0 Å². The summed E-state index contributed by atoms with van der Waals surface area (Å²) < 4.78 is 6.39. The Kier molecular flexibility index (Phi) is 8.53. The number of hydrogen-bond donors (Lipinski definition) is 0. The molecule has 1 nitrogen and oxygen atoms in total. The summed E-state index contributed by atoms with van der Waals surface area (Å²) in [5.41, 5.74) is 2.41. The first-order valence-electron chi connectivity index (χ1n) is 11.7. The Morgan fingerprint density at radius 3 is 1.34 bits per heavy atom. The highest BCUT2D eigenvalue weighted by atomic mass is 79.9. The smallest absolute Gasteiger partial charge is 0.126 e. The molecule has 0 fully saturated rings. The SMILES string of the molecule is [Br-].c1ccc(COc2ccccc2C[P+](c2ccccc2)(c2ccccc2)c2ccccc2)cc1. The van der Waals surface area contributed by atoms with Gasteiger partial charge in [0.25, 0.3) is 0 Å². The van der Waals surface area contributed by atoms with Crippen molar-refractivity contribution in [2.24, 2.45) is 0 Å². The average molecular weight is 539 g/mol. The number of benzene rings is 5. The average Bonchev–Trinajstić information content (AvgIpc) is 2.93. The van der Waals surface area contributed by atoms with Gasteiger partial charge in [-0.3, -0.25) is 0 Å². The van der Waals surface area contributed by atoms with Gasteiger partial charge in [-0.2, -0.15) is 0 Å². The van der Waals surface area contributed by atoms with E-state index in [1.807, 2.05) is 6.07 Å². The fourth-order valence-electron chi connectivity index (χ4n) is 4.53. The zero-order valence-corrected chi connectivity index (χ0v) is 22.0. The highest BCUT2D eigenvalue weighted by Crippen LogP contribution is 2.58. The van der Waals surface area contributed by atoms with Gasteiger partial charge in [0.15, 0.2) is 0 Å². The van der Waals surface area contributed by atoms with Crippen LogP contribution in [-0.4, -0.2) is 0 Å². The first-order valence-corrected chi connectivity index (χ1v) is 13.6. The van der Waals surface area contributed by atoms with Gasteiger partial charge in [-0.25, -0.2) is 0 Å². The van der Waals surface area contributed by atoms with Gasteiger partial charge >= 0.3 is 0 Å². The van der Waals surface area contributed by atoms with E-state index in [0.717, 1.165) is 11.9 Å². The minimum atomic E-state index is -1.98. The molecule has 35 heavy (non-hydrogen) atoms. The maximum Gasteiger partial charge on any atom is 0.126 e. The minimum absolute atomic E-state index is 0. The molecule has 0 radical (unpaired) electrons. The summed E-state index contributed by atoms with van der Waals surface area (Å²) in [6.45, 7) is 0.561. The van der Waals surface area contributed by atoms with Crippen molar-refractivity contribution in [2.45, 2.75) is 12.8 Å². The van der Waals surface area contributed by atoms with Gasteiger partial charge in [0.1, 0.15) is 41.7 Å². The van der Waals surface area contributed by atoms with Crippen molar-refractivity contribution in [3.8, 4) is 5.75 Å². The summed E-state index contributed by atoms with van der Waals surface area (Å²) in [5.74, 6) is 0.957. The van der Waals surface area contributed by atoms with Crippen LogP contribution in [0.5, 0.6) is 5.75 Å². The maximum absolute atomic E-state index is 6.39. The van der Waals surface area contributed by atoms with E-state index in [-0.39, 0.29) is 17.0 Å². The first kappa shape index (κ1) is 24.9. The van der Waals surface area contributed by atoms with Crippen LogP contribution in [0.3, 0.4) is 0 Å². The molecule has 0 atom stereocenters. The van der Waals surface area contributed by atoms with Crippen molar-refractivity contribution < 1.29 is 21.7 Å². The highest BCUT2D eigenvalue weighted by Gasteiger charge is 2.45. The van der Waals surface area contributed by atoms with Crippen molar-refractivity contribution in [3.63, 3.8) is 0 Å². The molecule has 5 aromatic rings. The number of para-hydroxylation sites is 1. The van der Waals surface area contributed by atoms with Crippen molar-refractivity contribution >= 4 is 23.2 Å². The van der Waals surface area contributed by atoms with E-state index in [2.05, 4.69) is 140 Å². The van der Waals surface area contributed by atoms with Gasteiger partial charge in [-0.15, -0.1) is 0 Å². The van der Waals surface area contributed by atoms with Crippen LogP contribution >= 0.6 is 7.26 Å². The number of halogens is 1. The van der Waals surface area contributed by atoms with Crippen LogP contribution in [0.4, 0.5) is 0 Å². The van der Waals surface area contributed by atoms with Crippen LogP contribution in [-0.2, 0) is 12.8 Å². The fourth-order valence-corrected chi connectivity index (χ4v) is 8.79. The summed E-state index contributed by atoms with van der Waals surface area (Å²) in [6.07, 6.45) is 0.899. The van der Waals surface area contributed by atoms with Crippen LogP contribution < -0.4 is 37.6 Å². The summed E-state index contributed by atoms with van der Waals surface area (Å²) >= 11 is 0. The Balaban J connectivity index is 0.00000289. The summed E-state index contributed by atoms with van der Waals surface area (Å²) in [7, 11) is -1.98. The van der Waals surface area contributed by atoms with Crippen LogP contribution in [0.25, 0.3) is 0 Å². The molecule has 0 saturated carbocycles. The second kappa shape index (κ2) is 12.0. The lowest BCUT2D eigenvalue weighted by Crippen LogP contribution is -3.00. The second-order valence-corrected chi connectivity index (χ2v) is 11.8. The molecule has 0 unspecified atom stereocenters. The molecule has 174 valence electrons. The monoisotopic (exact) mass is 538 g/mol. The molecule has 0 aliphatic carbocycles. The van der Waals surface area contributed by atoms with E-state index in [4.69, 9.17) is 4.74 Å². The molecule has 5 rings (SSSR count). The third kappa shape index (κ3) is 5.56. The Hall–Kier alpha value is -3.19. The van der Waals surface area contributed by atoms with E-state index in [1.54, 1.807) is 0 Å². The molecule has 0 aliphatic heterocycles. The molecule has 0 saturated heterocycles. The summed E-state index contributed by atoms with van der Waals surface area (Å²) in [4.78, 5) is 0. The molecule has 0 aliphatic rings. The van der Waals surface area contributed by atoms with E-state index in [9.17, 15) is 0 Å². The van der Waals surface area contributed by atoms with Crippen LogP contribution in [0.15, 0.2) is 146 Å². The largest absolute Gasteiger partial charge is 1.00 e. The maximum atomic E-state index is 6.39. The zero-order valence-electron chi connectivity index (χ0n) is 19.5. The Morgan fingerprint density at radius 1 is 0.457 bits per heavy atom. The van der Waals surface area contributed by atoms with E-state index in [1.165, 1.54) is 27.0 Å². The van der Waals surface area contributed by atoms with Gasteiger partial charge in [0.05, 0.1) is 0 Å². The highest BCUT2D eigenvalue weighted by molar-refractivity contribution is 7.95. The molecule has 0 amide bonds. The molecular weight excluding hydrogens is 511 g/mol. The van der Waals surface area contributed by atoms with Crippen molar-refractivity contribution in [1.29, 1.82) is 0 Å². The van der Waals surface area contributed by atoms with Gasteiger partial charge in [0.2, 0.25) is 0 Å². The lowest BCUT2D eigenvalue weighted by Gasteiger charge is -2.28. The topological polar surface area (TPSA) is 9.23 Å². The van der Waals surface area contributed by atoms with E-state index in [0.29, 0.717) is 6.61 Å². The lowest BCUT2D eigenvalue weighted by molar-refractivity contribution is -0.00000691. The number of rotatable bonds is 8. The first-order chi connectivity index (χ1) is 16.9. The molecular formula is C32H28BrOP. The molecule has 0 N–H and O–H groups in total. The minimum Gasteiger partial charge on any atom is -1.00 e. The zero-order chi connectivity index (χ0) is 23.1.